The summed E-state index contributed by atoms with van der Waals surface area (Å²) in [6, 6.07) is 0.660. The van der Waals surface area contributed by atoms with Gasteiger partial charge in [0.25, 0.3) is 0 Å². The lowest BCUT2D eigenvalue weighted by molar-refractivity contribution is 0.255. The maximum atomic E-state index is 11.4. The summed E-state index contributed by atoms with van der Waals surface area (Å²) in [7, 11) is -2.70. The van der Waals surface area contributed by atoms with E-state index in [1.165, 1.54) is 38.5 Å². The number of rotatable bonds is 4. The van der Waals surface area contributed by atoms with E-state index < -0.39 is 9.84 Å². The van der Waals surface area contributed by atoms with Crippen LogP contribution in [-0.4, -0.2) is 32.5 Å². The maximum absolute atomic E-state index is 11.4. The first-order valence-electron chi connectivity index (χ1n) is 7.56. The summed E-state index contributed by atoms with van der Waals surface area (Å²) >= 11 is 0. The Morgan fingerprint density at radius 2 is 1.83 bits per heavy atom. The first kappa shape index (κ1) is 12.9. The number of hydrogen-bond donors (Lipinski definition) is 1. The molecule has 18 heavy (non-hydrogen) atoms. The van der Waals surface area contributed by atoms with Gasteiger partial charge in [0.1, 0.15) is 0 Å². The molecule has 3 rings (SSSR count). The van der Waals surface area contributed by atoms with Crippen LogP contribution in [0.1, 0.15) is 44.9 Å². The molecule has 3 fully saturated rings. The fourth-order valence-corrected chi connectivity index (χ4v) is 5.64. The number of hydrogen-bond acceptors (Lipinski definition) is 3. The second-order valence-corrected chi connectivity index (χ2v) is 8.87. The van der Waals surface area contributed by atoms with Crippen LogP contribution in [-0.2, 0) is 9.84 Å². The van der Waals surface area contributed by atoms with Gasteiger partial charge in [0.2, 0.25) is 0 Å². The van der Waals surface area contributed by atoms with Gasteiger partial charge in [0, 0.05) is 6.04 Å². The quantitative estimate of drug-likeness (QED) is 0.850. The van der Waals surface area contributed by atoms with Gasteiger partial charge in [-0.3, -0.25) is 0 Å². The summed E-state index contributed by atoms with van der Waals surface area (Å²) in [5.41, 5.74) is 0. The van der Waals surface area contributed by atoms with Crippen LogP contribution < -0.4 is 5.32 Å². The van der Waals surface area contributed by atoms with Crippen molar-refractivity contribution in [3.05, 3.63) is 0 Å². The third kappa shape index (κ3) is 3.27. The van der Waals surface area contributed by atoms with Crippen molar-refractivity contribution in [2.75, 3.05) is 18.1 Å². The van der Waals surface area contributed by atoms with Gasteiger partial charge in [0.15, 0.2) is 9.84 Å². The van der Waals surface area contributed by atoms with Crippen LogP contribution >= 0.6 is 0 Å². The number of sulfone groups is 1. The third-order valence-electron chi connectivity index (χ3n) is 5.03. The first-order chi connectivity index (χ1) is 8.62. The molecule has 0 amide bonds. The van der Waals surface area contributed by atoms with Crippen LogP contribution in [0.15, 0.2) is 0 Å². The van der Waals surface area contributed by atoms with Crippen molar-refractivity contribution in [1.29, 1.82) is 0 Å². The summed E-state index contributed by atoms with van der Waals surface area (Å²) in [4.78, 5) is 0. The second-order valence-electron chi connectivity index (χ2n) is 6.64. The lowest BCUT2D eigenvalue weighted by Gasteiger charge is -2.30. The summed E-state index contributed by atoms with van der Waals surface area (Å²) in [6.45, 7) is 0.918. The molecule has 2 aliphatic carbocycles. The standard InChI is InChI=1S/C14H25NO2S/c16-18(17)7-6-11(10-18)9-15-14-3-1-2-13(8-14)12-4-5-12/h11-15H,1-10H2. The first-order valence-corrected chi connectivity index (χ1v) is 9.38. The Kier molecular flexibility index (Phi) is 3.68. The minimum Gasteiger partial charge on any atom is -0.314 e. The van der Waals surface area contributed by atoms with Crippen molar-refractivity contribution in [2.45, 2.75) is 51.0 Å². The smallest absolute Gasteiger partial charge is 0.150 e. The normalized spacial score (nSPS) is 39.9. The highest BCUT2D eigenvalue weighted by atomic mass is 32.2. The van der Waals surface area contributed by atoms with E-state index in [-0.39, 0.29) is 0 Å². The van der Waals surface area contributed by atoms with Gasteiger partial charge in [-0.15, -0.1) is 0 Å². The third-order valence-corrected chi connectivity index (χ3v) is 6.86. The highest BCUT2D eigenvalue weighted by molar-refractivity contribution is 7.91. The molecule has 3 unspecified atom stereocenters. The molecule has 0 aromatic heterocycles. The Morgan fingerprint density at radius 3 is 2.50 bits per heavy atom. The summed E-state index contributed by atoms with van der Waals surface area (Å²) in [5.74, 6) is 3.19. The lowest BCUT2D eigenvalue weighted by atomic mass is 9.82. The molecule has 3 atom stereocenters. The van der Waals surface area contributed by atoms with Crippen molar-refractivity contribution >= 4 is 9.84 Å². The largest absolute Gasteiger partial charge is 0.314 e. The molecule has 4 heteroatoms. The van der Waals surface area contributed by atoms with E-state index in [4.69, 9.17) is 0 Å². The van der Waals surface area contributed by atoms with Crippen LogP contribution in [0.2, 0.25) is 0 Å². The Bertz CT molecular complexity index is 389. The molecule has 1 N–H and O–H groups in total. The lowest BCUT2D eigenvalue weighted by Crippen LogP contribution is -2.37. The zero-order valence-electron chi connectivity index (χ0n) is 11.1. The van der Waals surface area contributed by atoms with Crippen LogP contribution in [0, 0.1) is 17.8 Å². The molecular formula is C14H25NO2S. The van der Waals surface area contributed by atoms with Gasteiger partial charge in [0.05, 0.1) is 11.5 Å². The fraction of sp³-hybridized carbons (Fsp3) is 1.00. The van der Waals surface area contributed by atoms with E-state index in [9.17, 15) is 8.42 Å². The van der Waals surface area contributed by atoms with Crippen LogP contribution in [0.25, 0.3) is 0 Å². The molecule has 0 aromatic carbocycles. The predicted molar refractivity (Wildman–Crippen MR) is 73.2 cm³/mol. The van der Waals surface area contributed by atoms with Crippen LogP contribution in [0.4, 0.5) is 0 Å². The monoisotopic (exact) mass is 271 g/mol. The molecule has 0 radical (unpaired) electrons. The van der Waals surface area contributed by atoms with Crippen molar-refractivity contribution < 1.29 is 8.42 Å². The van der Waals surface area contributed by atoms with Crippen LogP contribution in [0.5, 0.6) is 0 Å². The van der Waals surface area contributed by atoms with E-state index >= 15 is 0 Å². The molecule has 0 aromatic rings. The van der Waals surface area contributed by atoms with Gasteiger partial charge < -0.3 is 5.32 Å². The van der Waals surface area contributed by atoms with Crippen molar-refractivity contribution in [3.63, 3.8) is 0 Å². The molecule has 3 aliphatic rings. The minimum atomic E-state index is -2.70. The zero-order valence-corrected chi connectivity index (χ0v) is 11.9. The van der Waals surface area contributed by atoms with E-state index in [2.05, 4.69) is 5.32 Å². The second kappa shape index (κ2) is 5.12. The van der Waals surface area contributed by atoms with E-state index in [1.54, 1.807) is 0 Å². The number of nitrogens with one attached hydrogen (secondary N) is 1. The van der Waals surface area contributed by atoms with Crippen molar-refractivity contribution in [2.24, 2.45) is 17.8 Å². The Hall–Kier alpha value is -0.0900. The highest BCUT2D eigenvalue weighted by Gasteiger charge is 2.35. The predicted octanol–water partition coefficient (Wildman–Crippen LogP) is 1.98. The maximum Gasteiger partial charge on any atom is 0.150 e. The Balaban J connectivity index is 1.42. The van der Waals surface area contributed by atoms with Gasteiger partial charge in [-0.25, -0.2) is 8.42 Å². The minimum absolute atomic E-state index is 0.372. The molecule has 0 spiro atoms. The average molecular weight is 271 g/mol. The van der Waals surface area contributed by atoms with E-state index in [0.717, 1.165) is 24.8 Å². The zero-order chi connectivity index (χ0) is 12.6. The molecular weight excluding hydrogens is 246 g/mol. The Morgan fingerprint density at radius 1 is 1.00 bits per heavy atom. The highest BCUT2D eigenvalue weighted by Crippen LogP contribution is 2.43. The Labute approximate surface area is 111 Å². The molecule has 1 saturated heterocycles. The summed E-state index contributed by atoms with van der Waals surface area (Å²) in [5, 5.41) is 3.65. The van der Waals surface area contributed by atoms with Crippen molar-refractivity contribution in [1.82, 2.24) is 5.32 Å². The summed E-state index contributed by atoms with van der Waals surface area (Å²) < 4.78 is 22.8. The summed E-state index contributed by atoms with van der Waals surface area (Å²) in [6.07, 6.45) is 9.21. The van der Waals surface area contributed by atoms with Gasteiger partial charge in [-0.05, 0) is 56.4 Å². The fourth-order valence-electron chi connectivity index (χ4n) is 3.78. The van der Waals surface area contributed by atoms with E-state index in [0.29, 0.717) is 23.5 Å². The molecule has 0 bridgehead atoms. The molecule has 1 heterocycles. The molecule has 3 nitrogen and oxygen atoms in total. The molecule has 104 valence electrons. The molecule has 1 aliphatic heterocycles. The van der Waals surface area contributed by atoms with E-state index in [1.807, 2.05) is 0 Å². The SMILES string of the molecule is O=S1(=O)CCC(CNC2CCCC(C3CC3)C2)C1. The van der Waals surface area contributed by atoms with Gasteiger partial charge in [-0.1, -0.05) is 12.8 Å². The van der Waals surface area contributed by atoms with Crippen LogP contribution in [0.3, 0.4) is 0 Å². The van der Waals surface area contributed by atoms with Gasteiger partial charge >= 0.3 is 0 Å². The molecule has 2 saturated carbocycles. The average Bonchev–Trinajstić information content (AvgIpc) is 3.13. The van der Waals surface area contributed by atoms with Crippen molar-refractivity contribution in [3.8, 4) is 0 Å². The van der Waals surface area contributed by atoms with Gasteiger partial charge in [-0.2, -0.15) is 0 Å². The topological polar surface area (TPSA) is 46.2 Å².